The van der Waals surface area contributed by atoms with Gasteiger partial charge in [0.05, 0.1) is 34.7 Å². The maximum Gasteiger partial charge on any atom is 0.134 e. The highest BCUT2D eigenvalue weighted by Gasteiger charge is 2.24. The van der Waals surface area contributed by atoms with Crippen molar-refractivity contribution in [3.8, 4) is 45.3 Å². The number of fused-ring (bicyclic) bond motifs is 3. The van der Waals surface area contributed by atoms with Crippen LogP contribution >= 0.6 is 0 Å². The first-order valence-electron chi connectivity index (χ1n) is 15.7. The topological polar surface area (TPSA) is 94.4 Å². The third-order valence-corrected chi connectivity index (χ3v) is 8.83. The summed E-state index contributed by atoms with van der Waals surface area (Å²) in [6.07, 6.45) is 5.82. The lowest BCUT2D eigenvalue weighted by Gasteiger charge is -2.22. The molecule has 1 aliphatic rings. The van der Waals surface area contributed by atoms with Crippen molar-refractivity contribution >= 4 is 27.5 Å². The SMILES string of the molecule is CC(C)(C)c1cc(C2=NCC=C2)c(O)c(-c2ccc3ccc4ccc(-c5cc(C(C)(C)C)cc(-c6ccc[nH]6)c5O)nc4c3n2)c1. The molecule has 0 bridgehead atoms. The Morgan fingerprint density at radius 2 is 1.13 bits per heavy atom. The minimum absolute atomic E-state index is 0.147. The molecule has 0 atom stereocenters. The van der Waals surface area contributed by atoms with E-state index in [-0.39, 0.29) is 22.3 Å². The number of aromatic amines is 1. The van der Waals surface area contributed by atoms with E-state index in [1.807, 2.05) is 91.1 Å². The fraction of sp³-hybridized carbons (Fsp3) is 0.225. The lowest BCUT2D eigenvalue weighted by atomic mass is 9.83. The fourth-order valence-corrected chi connectivity index (χ4v) is 6.03. The number of rotatable bonds is 4. The summed E-state index contributed by atoms with van der Waals surface area (Å²) in [7, 11) is 0. The second kappa shape index (κ2) is 10.7. The van der Waals surface area contributed by atoms with Crippen LogP contribution in [0.4, 0.5) is 0 Å². The number of aliphatic imine (C=N–C) groups is 1. The van der Waals surface area contributed by atoms with E-state index in [9.17, 15) is 10.2 Å². The number of pyridine rings is 2. The van der Waals surface area contributed by atoms with Gasteiger partial charge in [-0.2, -0.15) is 0 Å². The van der Waals surface area contributed by atoms with Gasteiger partial charge in [-0.25, -0.2) is 9.97 Å². The summed E-state index contributed by atoms with van der Waals surface area (Å²) in [6, 6.07) is 24.1. The van der Waals surface area contributed by atoms with Crippen molar-refractivity contribution in [1.29, 1.82) is 0 Å². The van der Waals surface area contributed by atoms with Crippen LogP contribution in [0.2, 0.25) is 0 Å². The first-order chi connectivity index (χ1) is 21.9. The van der Waals surface area contributed by atoms with Gasteiger partial charge in [0.25, 0.3) is 0 Å². The molecule has 4 heterocycles. The first kappa shape index (κ1) is 29.5. The van der Waals surface area contributed by atoms with Crippen molar-refractivity contribution < 1.29 is 10.2 Å². The van der Waals surface area contributed by atoms with E-state index in [2.05, 4.69) is 51.5 Å². The van der Waals surface area contributed by atoms with Crippen molar-refractivity contribution in [3.05, 3.63) is 108 Å². The second-order valence-electron chi connectivity index (χ2n) is 14.2. The molecule has 6 heteroatoms. The van der Waals surface area contributed by atoms with Gasteiger partial charge in [-0.05, 0) is 76.6 Å². The number of aromatic hydroxyl groups is 2. The Morgan fingerprint density at radius 1 is 0.630 bits per heavy atom. The Bertz CT molecular complexity index is 2210. The molecule has 6 aromatic rings. The number of phenolic OH excluding ortho intramolecular Hbond substituents is 2. The highest BCUT2D eigenvalue weighted by Crippen LogP contribution is 2.42. The zero-order valence-electron chi connectivity index (χ0n) is 27.1. The number of allylic oxidation sites excluding steroid dienone is 1. The number of hydrogen-bond acceptors (Lipinski definition) is 5. The van der Waals surface area contributed by atoms with Crippen LogP contribution in [0.15, 0.2) is 96.1 Å². The average Bonchev–Trinajstić information content (AvgIpc) is 3.75. The summed E-state index contributed by atoms with van der Waals surface area (Å²) in [5.74, 6) is 0.344. The third kappa shape index (κ3) is 5.14. The van der Waals surface area contributed by atoms with Gasteiger partial charge in [-0.1, -0.05) is 71.9 Å². The molecule has 7 rings (SSSR count). The van der Waals surface area contributed by atoms with Gasteiger partial charge < -0.3 is 15.2 Å². The minimum Gasteiger partial charge on any atom is -0.507 e. The van der Waals surface area contributed by atoms with Gasteiger partial charge in [-0.3, -0.25) is 4.99 Å². The largest absolute Gasteiger partial charge is 0.507 e. The zero-order valence-corrected chi connectivity index (χ0v) is 27.1. The first-order valence-corrected chi connectivity index (χ1v) is 15.7. The molecule has 0 radical (unpaired) electrons. The molecule has 0 fully saturated rings. The number of nitrogens with one attached hydrogen (secondary N) is 1. The highest BCUT2D eigenvalue weighted by atomic mass is 16.3. The van der Waals surface area contributed by atoms with Crippen molar-refractivity contribution in [3.63, 3.8) is 0 Å². The Balaban J connectivity index is 1.44. The molecule has 3 aromatic heterocycles. The summed E-state index contributed by atoms with van der Waals surface area (Å²) in [5, 5.41) is 25.1. The lowest BCUT2D eigenvalue weighted by molar-refractivity contribution is 0.474. The Labute approximate surface area is 269 Å². The molecule has 0 aliphatic carbocycles. The molecule has 1 aliphatic heterocycles. The van der Waals surface area contributed by atoms with Crippen molar-refractivity contribution in [2.45, 2.75) is 52.4 Å². The number of nitrogens with zero attached hydrogens (tertiary/aromatic N) is 3. The summed E-state index contributed by atoms with van der Waals surface area (Å²) >= 11 is 0. The van der Waals surface area contributed by atoms with E-state index in [1.165, 1.54) is 0 Å². The van der Waals surface area contributed by atoms with Crippen LogP contribution in [0.3, 0.4) is 0 Å². The van der Waals surface area contributed by atoms with Crippen LogP contribution in [0.25, 0.3) is 55.6 Å². The lowest BCUT2D eigenvalue weighted by Crippen LogP contribution is -2.13. The molecule has 0 saturated carbocycles. The van der Waals surface area contributed by atoms with E-state index < -0.39 is 0 Å². The molecule has 3 aromatic carbocycles. The van der Waals surface area contributed by atoms with Crippen LogP contribution in [0.5, 0.6) is 11.5 Å². The fourth-order valence-electron chi connectivity index (χ4n) is 6.03. The van der Waals surface area contributed by atoms with Crippen molar-refractivity contribution in [2.75, 3.05) is 6.54 Å². The molecular weight excluding hydrogens is 568 g/mol. The smallest absolute Gasteiger partial charge is 0.134 e. The number of benzene rings is 3. The van der Waals surface area contributed by atoms with Gasteiger partial charge in [-0.15, -0.1) is 0 Å². The van der Waals surface area contributed by atoms with Crippen LogP contribution < -0.4 is 0 Å². The van der Waals surface area contributed by atoms with Gasteiger partial charge >= 0.3 is 0 Å². The number of aromatic nitrogens is 3. The van der Waals surface area contributed by atoms with Crippen molar-refractivity contribution in [2.24, 2.45) is 4.99 Å². The molecule has 0 unspecified atom stereocenters. The summed E-state index contributed by atoms with van der Waals surface area (Å²) in [5.41, 5.74) is 9.06. The van der Waals surface area contributed by atoms with Gasteiger partial charge in [0.15, 0.2) is 0 Å². The Morgan fingerprint density at radius 3 is 1.61 bits per heavy atom. The van der Waals surface area contributed by atoms with E-state index in [4.69, 9.17) is 9.97 Å². The number of hydrogen-bond donors (Lipinski definition) is 3. The Hall–Kier alpha value is -5.23. The predicted molar refractivity (Wildman–Crippen MR) is 189 cm³/mol. The van der Waals surface area contributed by atoms with E-state index >= 15 is 0 Å². The molecule has 46 heavy (non-hydrogen) atoms. The van der Waals surface area contributed by atoms with Gasteiger partial charge in [0.2, 0.25) is 0 Å². The Kier molecular flexibility index (Phi) is 6.85. The van der Waals surface area contributed by atoms with Crippen LogP contribution in [-0.4, -0.2) is 37.4 Å². The van der Waals surface area contributed by atoms with Gasteiger partial charge in [0, 0.05) is 44.9 Å². The second-order valence-corrected chi connectivity index (χ2v) is 14.2. The zero-order chi connectivity index (χ0) is 32.4. The predicted octanol–water partition coefficient (Wildman–Crippen LogP) is 9.48. The minimum atomic E-state index is -0.150. The highest BCUT2D eigenvalue weighted by molar-refractivity contribution is 6.13. The summed E-state index contributed by atoms with van der Waals surface area (Å²) < 4.78 is 0. The van der Waals surface area contributed by atoms with E-state index in [0.717, 1.165) is 49.9 Å². The van der Waals surface area contributed by atoms with Crippen LogP contribution in [0, 0.1) is 0 Å². The monoisotopic (exact) mass is 606 g/mol. The molecule has 3 N–H and O–H groups in total. The van der Waals surface area contributed by atoms with Gasteiger partial charge in [0.1, 0.15) is 11.5 Å². The normalized spacial score (nSPS) is 13.6. The third-order valence-electron chi connectivity index (χ3n) is 8.83. The molecule has 0 saturated heterocycles. The maximum atomic E-state index is 11.6. The average molecular weight is 607 g/mol. The number of phenols is 2. The van der Waals surface area contributed by atoms with Crippen LogP contribution in [0.1, 0.15) is 58.2 Å². The van der Waals surface area contributed by atoms with E-state index in [0.29, 0.717) is 34.6 Å². The molecule has 230 valence electrons. The summed E-state index contributed by atoms with van der Waals surface area (Å²) in [4.78, 5) is 18.1. The van der Waals surface area contributed by atoms with Crippen molar-refractivity contribution in [1.82, 2.24) is 15.0 Å². The number of H-pyrrole nitrogens is 1. The maximum absolute atomic E-state index is 11.6. The summed E-state index contributed by atoms with van der Waals surface area (Å²) in [6.45, 7) is 13.6. The molecular formula is C40H38N4O2. The molecule has 0 spiro atoms. The molecule has 6 nitrogen and oxygen atoms in total. The standard InChI is InChI=1S/C40H38N4O2/c1-39(2,3)25-19-27(31-9-7-17-41-31)37(45)29(21-25)33-15-13-23-11-12-24-14-16-34(44-36(24)35(23)43-33)30-22-26(40(4,5)6)20-28(38(30)46)32-10-8-18-42-32/h7-17,19-22,41,45-46H,18H2,1-6H3. The molecule has 0 amide bonds. The van der Waals surface area contributed by atoms with Crippen LogP contribution in [-0.2, 0) is 10.8 Å². The quantitative estimate of drug-likeness (QED) is 0.174. The van der Waals surface area contributed by atoms with E-state index in [1.54, 1.807) is 0 Å².